The van der Waals surface area contributed by atoms with Crippen molar-refractivity contribution < 1.29 is 4.79 Å². The molecule has 2 rings (SSSR count). The third-order valence-electron chi connectivity index (χ3n) is 2.89. The van der Waals surface area contributed by atoms with E-state index in [1.807, 2.05) is 44.2 Å². The van der Waals surface area contributed by atoms with Crippen molar-refractivity contribution in [3.8, 4) is 0 Å². The Morgan fingerprint density at radius 3 is 2.80 bits per heavy atom. The Morgan fingerprint density at radius 1 is 1.45 bits per heavy atom. The fraction of sp³-hybridized carbons (Fsp3) is 0.267. The fourth-order valence-corrected chi connectivity index (χ4v) is 3.59. The van der Waals surface area contributed by atoms with Gasteiger partial charge in [0.15, 0.2) is 0 Å². The topological polar surface area (TPSA) is 29.1 Å². The van der Waals surface area contributed by atoms with E-state index in [4.69, 9.17) is 11.6 Å². The molecule has 1 aromatic heterocycles. The summed E-state index contributed by atoms with van der Waals surface area (Å²) in [6, 6.07) is 9.67. The van der Waals surface area contributed by atoms with E-state index in [1.165, 1.54) is 11.3 Å². The molecule has 0 bridgehead atoms. The van der Waals surface area contributed by atoms with Gasteiger partial charge in [-0.3, -0.25) is 4.79 Å². The summed E-state index contributed by atoms with van der Waals surface area (Å²) in [6.07, 6.45) is 0.762. The highest BCUT2D eigenvalue weighted by molar-refractivity contribution is 9.11. The number of aryl methyl sites for hydroxylation is 1. The van der Waals surface area contributed by atoms with Gasteiger partial charge >= 0.3 is 0 Å². The molecule has 2 nitrogen and oxygen atoms in total. The van der Waals surface area contributed by atoms with Gasteiger partial charge in [0, 0.05) is 11.1 Å². The van der Waals surface area contributed by atoms with Crippen LogP contribution in [0.3, 0.4) is 0 Å². The van der Waals surface area contributed by atoms with E-state index < -0.39 is 0 Å². The molecule has 1 atom stereocenters. The quantitative estimate of drug-likeness (QED) is 0.818. The maximum absolute atomic E-state index is 12.1. The summed E-state index contributed by atoms with van der Waals surface area (Å²) in [6.45, 7) is 3.97. The summed E-state index contributed by atoms with van der Waals surface area (Å²) in [4.78, 5) is 12.9. The lowest BCUT2D eigenvalue weighted by Gasteiger charge is -2.13. The molecule has 0 saturated heterocycles. The minimum absolute atomic E-state index is 0.0293. The summed E-state index contributed by atoms with van der Waals surface area (Å²) in [5, 5.41) is 3.73. The van der Waals surface area contributed by atoms with E-state index in [0.29, 0.717) is 0 Å². The summed E-state index contributed by atoms with van der Waals surface area (Å²) in [7, 11) is 0. The first-order valence-electron chi connectivity index (χ1n) is 6.27. The maximum atomic E-state index is 12.1. The van der Waals surface area contributed by atoms with Crippen molar-refractivity contribution in [2.75, 3.05) is 0 Å². The van der Waals surface area contributed by atoms with Gasteiger partial charge in [0.25, 0.3) is 5.91 Å². The van der Waals surface area contributed by atoms with E-state index in [9.17, 15) is 4.79 Å². The molecule has 1 N–H and O–H groups in total. The van der Waals surface area contributed by atoms with E-state index in [-0.39, 0.29) is 11.9 Å². The average Bonchev–Trinajstić information content (AvgIpc) is 2.69. The van der Waals surface area contributed by atoms with Crippen LogP contribution in [0.5, 0.6) is 0 Å². The molecule has 0 fully saturated rings. The minimum Gasteiger partial charge on any atom is -0.349 e. The molecule has 2 aromatic rings. The number of hydrogen-bond acceptors (Lipinski definition) is 2. The van der Waals surface area contributed by atoms with Crippen LogP contribution in [0.2, 0.25) is 5.02 Å². The van der Waals surface area contributed by atoms with Crippen LogP contribution in [0.1, 0.15) is 27.7 Å². The fourth-order valence-electron chi connectivity index (χ4n) is 1.94. The Morgan fingerprint density at radius 2 is 2.20 bits per heavy atom. The predicted octanol–water partition coefficient (Wildman–Crippen LogP) is 4.83. The lowest BCUT2D eigenvalue weighted by Crippen LogP contribution is -2.33. The molecule has 1 unspecified atom stereocenters. The average molecular weight is 373 g/mol. The van der Waals surface area contributed by atoms with Gasteiger partial charge in [-0.05, 0) is 65.5 Å². The molecule has 0 spiro atoms. The summed E-state index contributed by atoms with van der Waals surface area (Å²) in [5.74, 6) is -0.0293. The van der Waals surface area contributed by atoms with Crippen LogP contribution in [0, 0.1) is 6.92 Å². The zero-order valence-electron chi connectivity index (χ0n) is 11.2. The van der Waals surface area contributed by atoms with Crippen LogP contribution >= 0.6 is 38.9 Å². The minimum atomic E-state index is -0.0293. The molecule has 0 aliphatic rings. The van der Waals surface area contributed by atoms with Crippen LogP contribution in [-0.4, -0.2) is 11.9 Å². The van der Waals surface area contributed by atoms with Crippen molar-refractivity contribution >= 4 is 44.8 Å². The number of carbonyl (C=O) groups excluding carboxylic acids is 1. The van der Waals surface area contributed by atoms with Crippen molar-refractivity contribution in [1.29, 1.82) is 0 Å². The van der Waals surface area contributed by atoms with Gasteiger partial charge in [0.1, 0.15) is 0 Å². The number of halogens is 2. The lowest BCUT2D eigenvalue weighted by atomic mass is 10.1. The van der Waals surface area contributed by atoms with Crippen LogP contribution < -0.4 is 5.32 Å². The molecule has 1 heterocycles. The van der Waals surface area contributed by atoms with Gasteiger partial charge in [0.05, 0.1) is 8.66 Å². The molecule has 0 radical (unpaired) electrons. The van der Waals surface area contributed by atoms with Crippen molar-refractivity contribution in [2.24, 2.45) is 0 Å². The Labute approximate surface area is 136 Å². The molecule has 0 saturated carbocycles. The van der Waals surface area contributed by atoms with Gasteiger partial charge in [-0.25, -0.2) is 0 Å². The summed E-state index contributed by atoms with van der Waals surface area (Å²) >= 11 is 10.9. The third kappa shape index (κ3) is 4.08. The standard InChI is InChI=1S/C15H15BrClNOS/c1-9-6-13(20-14(9)16)15(19)18-10(2)7-11-4-3-5-12(17)8-11/h3-6,8,10H,7H2,1-2H3,(H,18,19). The van der Waals surface area contributed by atoms with Gasteiger partial charge < -0.3 is 5.32 Å². The molecule has 0 aliphatic carbocycles. The number of carbonyl (C=O) groups is 1. The Balaban J connectivity index is 1.97. The number of amides is 1. The molecule has 0 aliphatic heterocycles. The SMILES string of the molecule is Cc1cc(C(=O)NC(C)Cc2cccc(Cl)c2)sc1Br. The first-order chi connectivity index (χ1) is 9.45. The Bertz CT molecular complexity index is 607. The summed E-state index contributed by atoms with van der Waals surface area (Å²) in [5.41, 5.74) is 2.21. The summed E-state index contributed by atoms with van der Waals surface area (Å²) < 4.78 is 1.00. The van der Waals surface area contributed by atoms with Gasteiger partial charge in [0.2, 0.25) is 0 Å². The Kier molecular flexibility index (Phi) is 5.24. The molecular weight excluding hydrogens is 358 g/mol. The maximum Gasteiger partial charge on any atom is 0.261 e. The smallest absolute Gasteiger partial charge is 0.261 e. The largest absolute Gasteiger partial charge is 0.349 e. The van der Waals surface area contributed by atoms with Crippen molar-refractivity contribution in [3.63, 3.8) is 0 Å². The second-order valence-electron chi connectivity index (χ2n) is 4.78. The van der Waals surface area contributed by atoms with E-state index >= 15 is 0 Å². The van der Waals surface area contributed by atoms with Gasteiger partial charge in [-0.1, -0.05) is 23.7 Å². The first kappa shape index (κ1) is 15.5. The van der Waals surface area contributed by atoms with Gasteiger partial charge in [-0.15, -0.1) is 11.3 Å². The highest BCUT2D eigenvalue weighted by Gasteiger charge is 2.14. The zero-order valence-corrected chi connectivity index (χ0v) is 14.4. The van der Waals surface area contributed by atoms with Crippen molar-refractivity contribution in [2.45, 2.75) is 26.3 Å². The molecular formula is C15H15BrClNOS. The number of nitrogens with one attached hydrogen (secondary N) is 1. The molecule has 20 heavy (non-hydrogen) atoms. The molecule has 1 amide bonds. The number of benzene rings is 1. The van der Waals surface area contributed by atoms with Crippen molar-refractivity contribution in [3.05, 3.63) is 55.1 Å². The van der Waals surface area contributed by atoms with Gasteiger partial charge in [-0.2, -0.15) is 0 Å². The molecule has 1 aromatic carbocycles. The normalized spacial score (nSPS) is 12.2. The zero-order chi connectivity index (χ0) is 14.7. The number of hydrogen-bond donors (Lipinski definition) is 1. The van der Waals surface area contributed by atoms with E-state index in [2.05, 4.69) is 21.2 Å². The monoisotopic (exact) mass is 371 g/mol. The number of thiophene rings is 1. The van der Waals surface area contributed by atoms with Crippen LogP contribution in [0.25, 0.3) is 0 Å². The van der Waals surface area contributed by atoms with Crippen molar-refractivity contribution in [1.82, 2.24) is 5.32 Å². The highest BCUT2D eigenvalue weighted by atomic mass is 79.9. The lowest BCUT2D eigenvalue weighted by molar-refractivity contribution is 0.0944. The first-order valence-corrected chi connectivity index (χ1v) is 8.25. The predicted molar refractivity (Wildman–Crippen MR) is 88.8 cm³/mol. The number of rotatable bonds is 4. The third-order valence-corrected chi connectivity index (χ3v) is 5.26. The Hall–Kier alpha value is -0.840. The second-order valence-corrected chi connectivity index (χ2v) is 7.58. The van der Waals surface area contributed by atoms with Crippen LogP contribution in [0.4, 0.5) is 0 Å². The van der Waals surface area contributed by atoms with E-state index in [1.54, 1.807) is 0 Å². The van der Waals surface area contributed by atoms with Crippen LogP contribution in [0.15, 0.2) is 34.1 Å². The van der Waals surface area contributed by atoms with Crippen LogP contribution in [-0.2, 0) is 6.42 Å². The second kappa shape index (κ2) is 6.74. The highest BCUT2D eigenvalue weighted by Crippen LogP contribution is 2.27. The molecule has 106 valence electrons. The van der Waals surface area contributed by atoms with E-state index in [0.717, 1.165) is 31.2 Å². The molecule has 5 heteroatoms.